The number of ether oxygens (including phenoxy) is 2. The first kappa shape index (κ1) is 25.3. The van der Waals surface area contributed by atoms with Crippen LogP contribution in [-0.2, 0) is 26.9 Å². The maximum Gasteiger partial charge on any atom is 0.416 e. The Hall–Kier alpha value is -2.76. The van der Waals surface area contributed by atoms with Crippen LogP contribution in [0.3, 0.4) is 0 Å². The van der Waals surface area contributed by atoms with E-state index in [0.717, 1.165) is 6.07 Å². The fourth-order valence-electron chi connectivity index (χ4n) is 4.51. The standard InChI is InChI=1S/C24H29F3N4O4/c1-12-17(5-4-6-18(12)24(25,26)27)13(2)28-22-21(23-34-7-8-35-23)19(29-14(3)30-22)11-20(33)31-15-9-16(32)10-15/h4-6,13,15-16,23,32H,7-11H2,1-3H3,(H,31,33)(H,28,29,30)/t13-,15-,16-/m1/s1. The molecule has 11 heteroatoms. The van der Waals surface area contributed by atoms with E-state index in [2.05, 4.69) is 20.6 Å². The van der Waals surface area contributed by atoms with Crippen LogP contribution in [0.5, 0.6) is 0 Å². The van der Waals surface area contributed by atoms with Crippen molar-refractivity contribution in [1.82, 2.24) is 15.3 Å². The van der Waals surface area contributed by atoms with E-state index in [4.69, 9.17) is 9.47 Å². The number of hydrogen-bond donors (Lipinski definition) is 3. The number of hydrogen-bond acceptors (Lipinski definition) is 7. The van der Waals surface area contributed by atoms with E-state index in [0.29, 0.717) is 54.5 Å². The fraction of sp³-hybridized carbons (Fsp3) is 0.542. The lowest BCUT2D eigenvalue weighted by Gasteiger charge is -2.32. The predicted octanol–water partition coefficient (Wildman–Crippen LogP) is 3.51. The third kappa shape index (κ3) is 5.74. The van der Waals surface area contributed by atoms with Crippen LogP contribution >= 0.6 is 0 Å². The number of benzene rings is 1. The van der Waals surface area contributed by atoms with Gasteiger partial charge in [-0.05, 0) is 50.8 Å². The molecular formula is C24H29F3N4O4. The lowest BCUT2D eigenvalue weighted by Crippen LogP contribution is -2.47. The first-order valence-electron chi connectivity index (χ1n) is 11.5. The van der Waals surface area contributed by atoms with Gasteiger partial charge in [0.05, 0.1) is 48.6 Å². The molecule has 1 aliphatic heterocycles. The van der Waals surface area contributed by atoms with Gasteiger partial charge >= 0.3 is 6.18 Å². The highest BCUT2D eigenvalue weighted by molar-refractivity contribution is 5.79. The largest absolute Gasteiger partial charge is 0.416 e. The molecule has 0 spiro atoms. The van der Waals surface area contributed by atoms with Gasteiger partial charge in [0, 0.05) is 6.04 Å². The molecule has 1 amide bonds. The highest BCUT2D eigenvalue weighted by Gasteiger charge is 2.34. The van der Waals surface area contributed by atoms with Crippen molar-refractivity contribution in [1.29, 1.82) is 0 Å². The number of anilines is 1. The quantitative estimate of drug-likeness (QED) is 0.541. The van der Waals surface area contributed by atoms with E-state index in [1.54, 1.807) is 19.9 Å². The number of carbonyl (C=O) groups excluding carboxylic acids is 1. The Morgan fingerprint density at radius 3 is 2.51 bits per heavy atom. The zero-order valence-corrected chi connectivity index (χ0v) is 19.8. The summed E-state index contributed by atoms with van der Waals surface area (Å²) >= 11 is 0. The molecule has 1 atom stereocenters. The number of aromatic nitrogens is 2. The lowest BCUT2D eigenvalue weighted by molar-refractivity contribution is -0.138. The molecule has 190 valence electrons. The summed E-state index contributed by atoms with van der Waals surface area (Å²) in [6.07, 6.45) is -4.69. The van der Waals surface area contributed by atoms with Gasteiger partial charge < -0.3 is 25.2 Å². The molecule has 2 heterocycles. The summed E-state index contributed by atoms with van der Waals surface area (Å²) in [4.78, 5) is 21.6. The van der Waals surface area contributed by atoms with Crippen LogP contribution in [0, 0.1) is 13.8 Å². The fourth-order valence-corrected chi connectivity index (χ4v) is 4.51. The van der Waals surface area contributed by atoms with E-state index in [9.17, 15) is 23.1 Å². The summed E-state index contributed by atoms with van der Waals surface area (Å²) in [7, 11) is 0. The van der Waals surface area contributed by atoms with Gasteiger partial charge in [-0.2, -0.15) is 13.2 Å². The number of alkyl halides is 3. The number of halogens is 3. The van der Waals surface area contributed by atoms with Crippen molar-refractivity contribution >= 4 is 11.7 Å². The molecule has 2 fully saturated rings. The van der Waals surface area contributed by atoms with E-state index in [-0.39, 0.29) is 23.9 Å². The normalized spacial score (nSPS) is 21.5. The Kier molecular flexibility index (Phi) is 7.30. The van der Waals surface area contributed by atoms with Gasteiger partial charge in [-0.3, -0.25) is 4.79 Å². The van der Waals surface area contributed by atoms with E-state index >= 15 is 0 Å². The summed E-state index contributed by atoms with van der Waals surface area (Å²) < 4.78 is 51.7. The van der Waals surface area contributed by atoms with Crippen molar-refractivity contribution in [3.8, 4) is 0 Å². The molecule has 35 heavy (non-hydrogen) atoms. The van der Waals surface area contributed by atoms with Crippen molar-refractivity contribution < 1.29 is 32.5 Å². The minimum atomic E-state index is -4.46. The second-order valence-electron chi connectivity index (χ2n) is 9.00. The van der Waals surface area contributed by atoms with Crippen LogP contribution in [0.25, 0.3) is 0 Å². The summed E-state index contributed by atoms with van der Waals surface area (Å²) in [5.74, 6) is 0.478. The van der Waals surface area contributed by atoms with Gasteiger partial charge in [-0.1, -0.05) is 12.1 Å². The van der Waals surface area contributed by atoms with Gasteiger partial charge in [0.1, 0.15) is 11.6 Å². The van der Waals surface area contributed by atoms with Gasteiger partial charge in [0.2, 0.25) is 5.91 Å². The van der Waals surface area contributed by atoms with E-state index in [1.165, 1.54) is 13.0 Å². The summed E-state index contributed by atoms with van der Waals surface area (Å²) in [5.41, 5.74) is 0.774. The number of aryl methyl sites for hydroxylation is 1. The smallest absolute Gasteiger partial charge is 0.393 e. The summed E-state index contributed by atoms with van der Waals surface area (Å²) in [6, 6.07) is 3.46. The predicted molar refractivity (Wildman–Crippen MR) is 121 cm³/mol. The third-order valence-corrected chi connectivity index (χ3v) is 6.30. The zero-order chi connectivity index (χ0) is 25.3. The first-order chi connectivity index (χ1) is 16.5. The van der Waals surface area contributed by atoms with Gasteiger partial charge in [0.25, 0.3) is 0 Å². The topological polar surface area (TPSA) is 106 Å². The van der Waals surface area contributed by atoms with E-state index < -0.39 is 30.2 Å². The molecule has 2 aromatic rings. The SMILES string of the molecule is Cc1nc(CC(=O)N[C@H]2C[C@H](O)C2)c(C2OCCO2)c(N[C@H](C)c2cccc(C(F)(F)F)c2C)n1. The monoisotopic (exact) mass is 494 g/mol. The maximum atomic E-state index is 13.4. The van der Waals surface area contributed by atoms with Crippen LogP contribution in [0.4, 0.5) is 19.0 Å². The number of aliphatic hydroxyl groups excluding tert-OH is 1. The van der Waals surface area contributed by atoms with Crippen LogP contribution < -0.4 is 10.6 Å². The molecule has 1 aliphatic carbocycles. The Morgan fingerprint density at radius 2 is 1.89 bits per heavy atom. The molecule has 0 bridgehead atoms. The van der Waals surface area contributed by atoms with Gasteiger partial charge in [-0.25, -0.2) is 9.97 Å². The average molecular weight is 495 g/mol. The summed E-state index contributed by atoms with van der Waals surface area (Å²) in [5, 5.41) is 15.5. The van der Waals surface area contributed by atoms with E-state index in [1.807, 2.05) is 0 Å². The number of nitrogens with one attached hydrogen (secondary N) is 2. The minimum Gasteiger partial charge on any atom is -0.393 e. The Labute approximate surface area is 201 Å². The maximum absolute atomic E-state index is 13.4. The molecule has 1 aromatic heterocycles. The second kappa shape index (κ2) is 10.1. The van der Waals surface area contributed by atoms with Gasteiger partial charge in [0.15, 0.2) is 6.29 Å². The molecule has 1 aromatic carbocycles. The van der Waals surface area contributed by atoms with Crippen molar-refractivity contribution in [3.63, 3.8) is 0 Å². The first-order valence-corrected chi connectivity index (χ1v) is 11.5. The Balaban J connectivity index is 1.63. The molecular weight excluding hydrogens is 465 g/mol. The van der Waals surface area contributed by atoms with Crippen molar-refractivity contribution in [2.45, 2.75) is 70.7 Å². The van der Waals surface area contributed by atoms with Crippen LogP contribution in [-0.4, -0.2) is 46.3 Å². The lowest BCUT2D eigenvalue weighted by atomic mass is 9.89. The Morgan fingerprint density at radius 1 is 1.20 bits per heavy atom. The van der Waals surface area contributed by atoms with Crippen LogP contribution in [0.2, 0.25) is 0 Å². The molecule has 2 aliphatic rings. The van der Waals surface area contributed by atoms with Crippen molar-refractivity contribution in [3.05, 3.63) is 52.0 Å². The minimum absolute atomic E-state index is 0.0554. The number of aliphatic hydroxyl groups is 1. The number of amides is 1. The Bertz CT molecular complexity index is 1080. The van der Waals surface area contributed by atoms with Crippen molar-refractivity contribution in [2.75, 3.05) is 18.5 Å². The molecule has 0 unspecified atom stereocenters. The highest BCUT2D eigenvalue weighted by atomic mass is 19.4. The molecule has 8 nitrogen and oxygen atoms in total. The number of nitrogens with zero attached hydrogens (tertiary/aromatic N) is 2. The number of rotatable bonds is 7. The average Bonchev–Trinajstić information content (AvgIpc) is 3.26. The van der Waals surface area contributed by atoms with Crippen LogP contribution in [0.15, 0.2) is 18.2 Å². The summed E-state index contributed by atoms with van der Waals surface area (Å²) in [6.45, 7) is 5.57. The molecule has 3 N–H and O–H groups in total. The molecule has 1 saturated carbocycles. The highest BCUT2D eigenvalue weighted by Crippen LogP contribution is 2.37. The van der Waals surface area contributed by atoms with Gasteiger partial charge in [-0.15, -0.1) is 0 Å². The van der Waals surface area contributed by atoms with Crippen molar-refractivity contribution in [2.24, 2.45) is 0 Å². The molecule has 0 radical (unpaired) electrons. The third-order valence-electron chi connectivity index (χ3n) is 6.30. The number of carbonyl (C=O) groups is 1. The second-order valence-corrected chi connectivity index (χ2v) is 9.00. The zero-order valence-electron chi connectivity index (χ0n) is 19.8. The molecule has 4 rings (SSSR count). The molecule has 1 saturated heterocycles. The van der Waals surface area contributed by atoms with Crippen LogP contribution in [0.1, 0.15) is 65.9 Å².